The Balaban J connectivity index is 0.000000444. The number of hydrogen-bond donors (Lipinski definition) is 1. The van der Waals surface area contributed by atoms with Gasteiger partial charge >= 0.3 is 0 Å². The molecule has 2 rings (SSSR count). The van der Waals surface area contributed by atoms with Gasteiger partial charge in [-0.3, -0.25) is 0 Å². The third-order valence-corrected chi connectivity index (χ3v) is 2.41. The Morgan fingerprint density at radius 1 is 1.50 bits per heavy atom. The van der Waals surface area contributed by atoms with Crippen LogP contribution in [0.1, 0.15) is 11.6 Å². The highest BCUT2D eigenvalue weighted by atomic mass is 19.1. The summed E-state index contributed by atoms with van der Waals surface area (Å²) in [5, 5.41) is 17.7. The minimum absolute atomic E-state index is 0.0490. The van der Waals surface area contributed by atoms with E-state index in [-0.39, 0.29) is 11.9 Å². The van der Waals surface area contributed by atoms with Gasteiger partial charge in [0.1, 0.15) is 18.5 Å². The normalized spacial score (nSPS) is 11.1. The van der Waals surface area contributed by atoms with Crippen LogP contribution < -0.4 is 0 Å². The number of rotatable bonds is 4. The Labute approximate surface area is 114 Å². The van der Waals surface area contributed by atoms with Gasteiger partial charge < -0.3 is 5.21 Å². The van der Waals surface area contributed by atoms with Gasteiger partial charge in [0.15, 0.2) is 0 Å². The molecule has 2 aromatic rings. The van der Waals surface area contributed by atoms with E-state index >= 15 is 0 Å². The topological polar surface area (TPSA) is 94.1 Å². The molecular weight excluding hydrogens is 267 g/mol. The van der Waals surface area contributed by atoms with E-state index in [2.05, 4.69) is 16.7 Å². The Morgan fingerprint density at radius 3 is 2.55 bits per heavy atom. The van der Waals surface area contributed by atoms with E-state index in [9.17, 15) is 4.39 Å². The third-order valence-electron chi connectivity index (χ3n) is 2.41. The summed E-state index contributed by atoms with van der Waals surface area (Å²) in [6, 6.07) is 6.49. The maximum atomic E-state index is 12.7. The molecule has 0 radical (unpaired) electrons. The second kappa shape index (κ2) is 7.62. The fourth-order valence-electron chi connectivity index (χ4n) is 1.54. The smallest absolute Gasteiger partial charge is 0.291 e. The lowest BCUT2D eigenvalue weighted by Crippen LogP contribution is -2.09. The molecule has 1 N–H and O–H groups in total. The van der Waals surface area contributed by atoms with Crippen molar-refractivity contribution in [1.82, 2.24) is 14.8 Å². The summed E-state index contributed by atoms with van der Waals surface area (Å²) in [5.74, 6) is -0.223. The summed E-state index contributed by atoms with van der Waals surface area (Å²) in [7, 11) is 0. The van der Waals surface area contributed by atoms with Crippen molar-refractivity contribution in [3.8, 4) is 0 Å². The molecule has 0 aliphatic carbocycles. The van der Waals surface area contributed by atoms with Crippen LogP contribution in [0.5, 0.6) is 0 Å². The molecule has 0 spiro atoms. The fraction of sp³-hybridized carbons (Fsp3) is 0.167. The average Bonchev–Trinajstić information content (AvgIpc) is 2.91. The summed E-state index contributed by atoms with van der Waals surface area (Å²) in [4.78, 5) is 12.3. The van der Waals surface area contributed by atoms with Crippen molar-refractivity contribution in [2.24, 2.45) is 0 Å². The number of aromatic nitrogens is 3. The molecule has 20 heavy (non-hydrogen) atoms. The van der Waals surface area contributed by atoms with Gasteiger partial charge in [0.05, 0.1) is 6.04 Å². The van der Waals surface area contributed by atoms with Gasteiger partial charge in [0.25, 0.3) is 5.09 Å². The van der Waals surface area contributed by atoms with Crippen molar-refractivity contribution < 1.29 is 14.7 Å². The molecule has 0 saturated heterocycles. The number of halogens is 1. The summed E-state index contributed by atoms with van der Waals surface area (Å²) in [6.45, 7) is 3.77. The molecule has 8 heteroatoms. The zero-order valence-electron chi connectivity index (χ0n) is 10.5. The van der Waals surface area contributed by atoms with Gasteiger partial charge in [0.2, 0.25) is 0 Å². The highest BCUT2D eigenvalue weighted by molar-refractivity contribution is 5.17. The molecular formula is C12H13FN4O3. The van der Waals surface area contributed by atoms with Gasteiger partial charge in [-0.15, -0.1) is 16.7 Å². The Hall–Kier alpha value is -2.77. The van der Waals surface area contributed by atoms with Gasteiger partial charge in [-0.2, -0.15) is 5.10 Å². The second-order valence-electron chi connectivity index (χ2n) is 3.75. The van der Waals surface area contributed by atoms with E-state index in [0.29, 0.717) is 0 Å². The molecule has 0 bridgehead atoms. The number of benzene rings is 1. The monoisotopic (exact) mass is 280 g/mol. The van der Waals surface area contributed by atoms with Crippen molar-refractivity contribution in [2.75, 3.05) is 0 Å². The third kappa shape index (κ3) is 5.25. The van der Waals surface area contributed by atoms with Crippen molar-refractivity contribution >= 4 is 0 Å². The number of allylic oxidation sites excluding steroid dienone is 1. The van der Waals surface area contributed by atoms with E-state index in [1.54, 1.807) is 29.2 Å². The zero-order chi connectivity index (χ0) is 15.0. The lowest BCUT2D eigenvalue weighted by atomic mass is 10.1. The van der Waals surface area contributed by atoms with E-state index < -0.39 is 5.09 Å². The summed E-state index contributed by atoms with van der Waals surface area (Å²) in [5.41, 5.74) is 1.04. The number of hydrogen-bond acceptors (Lipinski definition) is 4. The molecule has 1 aromatic heterocycles. The van der Waals surface area contributed by atoms with E-state index in [1.165, 1.54) is 18.5 Å². The van der Waals surface area contributed by atoms with Crippen LogP contribution in [-0.2, 0) is 6.42 Å². The molecule has 1 atom stereocenters. The average molecular weight is 280 g/mol. The minimum atomic E-state index is -1.50. The van der Waals surface area contributed by atoms with Crippen LogP contribution in [0.25, 0.3) is 0 Å². The molecule has 0 aliphatic heterocycles. The Bertz CT molecular complexity index is 538. The van der Waals surface area contributed by atoms with E-state index in [0.717, 1.165) is 12.0 Å². The SMILES string of the molecule is C=CC(Cc1ccc(F)cc1)n1cncn1.O=[N+]([O-])O. The van der Waals surface area contributed by atoms with Crippen LogP contribution in [0.15, 0.2) is 49.6 Å². The largest absolute Gasteiger partial charge is 0.328 e. The Kier molecular flexibility index (Phi) is 5.82. The van der Waals surface area contributed by atoms with Crippen molar-refractivity contribution in [3.63, 3.8) is 0 Å². The predicted molar refractivity (Wildman–Crippen MR) is 68.1 cm³/mol. The van der Waals surface area contributed by atoms with E-state index in [1.807, 2.05) is 0 Å². The maximum absolute atomic E-state index is 12.7. The highest BCUT2D eigenvalue weighted by Crippen LogP contribution is 2.14. The lowest BCUT2D eigenvalue weighted by Gasteiger charge is -2.12. The minimum Gasteiger partial charge on any atom is -0.328 e. The Morgan fingerprint density at radius 2 is 2.10 bits per heavy atom. The molecule has 1 heterocycles. The molecule has 106 valence electrons. The summed E-state index contributed by atoms with van der Waals surface area (Å²) >= 11 is 0. The van der Waals surface area contributed by atoms with Crippen LogP contribution in [-0.4, -0.2) is 25.1 Å². The first-order chi connectivity index (χ1) is 9.52. The summed E-state index contributed by atoms with van der Waals surface area (Å²) in [6.07, 6.45) is 5.67. The van der Waals surface area contributed by atoms with Gasteiger partial charge in [-0.05, 0) is 24.1 Å². The first-order valence-electron chi connectivity index (χ1n) is 5.57. The molecule has 0 aliphatic rings. The molecule has 1 unspecified atom stereocenters. The fourth-order valence-corrected chi connectivity index (χ4v) is 1.54. The lowest BCUT2D eigenvalue weighted by molar-refractivity contribution is -0.742. The van der Waals surface area contributed by atoms with Crippen LogP contribution in [0, 0.1) is 15.9 Å². The van der Waals surface area contributed by atoms with Gasteiger partial charge in [-0.25, -0.2) is 14.1 Å². The first kappa shape index (κ1) is 15.3. The molecule has 0 amide bonds. The first-order valence-corrected chi connectivity index (χ1v) is 5.57. The molecule has 0 saturated carbocycles. The van der Waals surface area contributed by atoms with Gasteiger partial charge in [0, 0.05) is 0 Å². The van der Waals surface area contributed by atoms with Crippen LogP contribution in [0.2, 0.25) is 0 Å². The number of nitrogens with zero attached hydrogens (tertiary/aromatic N) is 4. The van der Waals surface area contributed by atoms with Gasteiger partial charge in [-0.1, -0.05) is 18.2 Å². The van der Waals surface area contributed by atoms with Crippen molar-refractivity contribution in [2.45, 2.75) is 12.5 Å². The quantitative estimate of drug-likeness (QED) is 0.525. The maximum Gasteiger partial charge on any atom is 0.291 e. The van der Waals surface area contributed by atoms with Crippen LogP contribution >= 0.6 is 0 Å². The standard InChI is InChI=1S/C12H12FN3.HNO3/c1-2-12(16-9-14-8-15-16)7-10-3-5-11(13)6-4-10;2-1(3)4/h2-6,8-9,12H,1,7H2;(H,2,3,4). The molecule has 0 fully saturated rings. The zero-order valence-corrected chi connectivity index (χ0v) is 10.5. The second-order valence-corrected chi connectivity index (χ2v) is 3.75. The predicted octanol–water partition coefficient (Wildman–Crippen LogP) is 2.04. The van der Waals surface area contributed by atoms with Crippen LogP contribution in [0.4, 0.5) is 4.39 Å². The van der Waals surface area contributed by atoms with Crippen molar-refractivity contribution in [1.29, 1.82) is 0 Å². The molecule has 1 aromatic carbocycles. The molecule has 7 nitrogen and oxygen atoms in total. The summed E-state index contributed by atoms with van der Waals surface area (Å²) < 4.78 is 14.5. The van der Waals surface area contributed by atoms with E-state index in [4.69, 9.17) is 15.3 Å². The highest BCUT2D eigenvalue weighted by Gasteiger charge is 2.08. The van der Waals surface area contributed by atoms with Crippen molar-refractivity contribution in [3.05, 3.63) is 71.1 Å². The van der Waals surface area contributed by atoms with Crippen LogP contribution in [0.3, 0.4) is 0 Å².